The summed E-state index contributed by atoms with van der Waals surface area (Å²) in [5, 5.41) is 3.05. The molecule has 0 fully saturated rings. The van der Waals surface area contributed by atoms with Gasteiger partial charge in [0.15, 0.2) is 0 Å². The van der Waals surface area contributed by atoms with E-state index >= 15 is 0 Å². The highest BCUT2D eigenvalue weighted by atomic mass is 16.1. The molecule has 2 unspecified atom stereocenters. The summed E-state index contributed by atoms with van der Waals surface area (Å²) >= 11 is 0. The number of aromatic amines is 1. The van der Waals surface area contributed by atoms with Crippen molar-refractivity contribution in [2.24, 2.45) is 5.92 Å². The van der Waals surface area contributed by atoms with E-state index in [1.54, 1.807) is 6.33 Å². The van der Waals surface area contributed by atoms with Crippen LogP contribution in [0.5, 0.6) is 0 Å². The Morgan fingerprint density at radius 3 is 3.31 bits per heavy atom. The molecule has 2 rings (SSSR count). The highest BCUT2D eigenvalue weighted by molar-refractivity contribution is 5.79. The van der Waals surface area contributed by atoms with Crippen LogP contribution in [0.25, 0.3) is 0 Å². The Bertz CT molecular complexity index is 372. The minimum atomic E-state index is 0.113. The lowest BCUT2D eigenvalue weighted by molar-refractivity contribution is -0.126. The number of H-pyrrole nitrogens is 1. The van der Waals surface area contributed by atoms with E-state index in [2.05, 4.69) is 22.2 Å². The van der Waals surface area contributed by atoms with Crippen molar-refractivity contribution in [3.05, 3.63) is 17.7 Å². The first-order valence-corrected chi connectivity index (χ1v) is 6.02. The number of nitrogens with one attached hydrogen (secondary N) is 2. The zero-order valence-corrected chi connectivity index (χ0v) is 9.92. The maximum absolute atomic E-state index is 12.0. The lowest BCUT2D eigenvalue weighted by atomic mass is 9.89. The van der Waals surface area contributed by atoms with Crippen LogP contribution in [0.3, 0.4) is 0 Å². The van der Waals surface area contributed by atoms with E-state index in [0.717, 1.165) is 37.1 Å². The number of rotatable bonds is 3. The Morgan fingerprint density at radius 2 is 2.56 bits per heavy atom. The minimum absolute atomic E-state index is 0.113. The molecule has 4 heteroatoms. The maximum atomic E-state index is 12.0. The number of carbonyl (C=O) groups excluding carboxylic acids is 1. The Labute approximate surface area is 95.9 Å². The molecule has 0 saturated heterocycles. The van der Waals surface area contributed by atoms with Crippen molar-refractivity contribution >= 4 is 5.91 Å². The second kappa shape index (κ2) is 4.68. The van der Waals surface area contributed by atoms with Gasteiger partial charge in [0, 0.05) is 24.1 Å². The molecule has 0 radical (unpaired) electrons. The Hall–Kier alpha value is -1.32. The number of hydrogen-bond donors (Lipinski definition) is 2. The number of imidazole rings is 1. The maximum Gasteiger partial charge on any atom is 0.223 e. The number of amides is 1. The van der Waals surface area contributed by atoms with Gasteiger partial charge in [0.25, 0.3) is 0 Å². The monoisotopic (exact) mass is 221 g/mol. The van der Waals surface area contributed by atoms with E-state index in [0.29, 0.717) is 0 Å². The molecule has 0 aromatic carbocycles. The van der Waals surface area contributed by atoms with Crippen molar-refractivity contribution in [3.8, 4) is 0 Å². The van der Waals surface area contributed by atoms with Crippen LogP contribution >= 0.6 is 0 Å². The molecule has 16 heavy (non-hydrogen) atoms. The van der Waals surface area contributed by atoms with Gasteiger partial charge in [-0.05, 0) is 26.2 Å². The van der Waals surface area contributed by atoms with Gasteiger partial charge in [0.1, 0.15) is 0 Å². The van der Waals surface area contributed by atoms with Gasteiger partial charge in [-0.1, -0.05) is 6.92 Å². The molecular weight excluding hydrogens is 202 g/mol. The van der Waals surface area contributed by atoms with Gasteiger partial charge in [-0.2, -0.15) is 0 Å². The van der Waals surface area contributed by atoms with Gasteiger partial charge in [0.2, 0.25) is 5.91 Å². The van der Waals surface area contributed by atoms with E-state index in [9.17, 15) is 4.79 Å². The summed E-state index contributed by atoms with van der Waals surface area (Å²) in [4.78, 5) is 19.3. The lowest BCUT2D eigenvalue weighted by Crippen LogP contribution is -2.39. The predicted octanol–water partition coefficient (Wildman–Crippen LogP) is 1.43. The van der Waals surface area contributed by atoms with Gasteiger partial charge >= 0.3 is 0 Å². The molecule has 1 aliphatic carbocycles. The number of carbonyl (C=O) groups is 1. The van der Waals surface area contributed by atoms with Crippen LogP contribution < -0.4 is 5.32 Å². The fourth-order valence-electron chi connectivity index (χ4n) is 2.09. The molecular formula is C12H19N3O. The summed E-state index contributed by atoms with van der Waals surface area (Å²) in [6.45, 7) is 4.13. The molecule has 2 N–H and O–H groups in total. The van der Waals surface area contributed by atoms with Crippen molar-refractivity contribution in [3.63, 3.8) is 0 Å². The van der Waals surface area contributed by atoms with Crippen molar-refractivity contribution in [2.45, 2.75) is 45.6 Å². The largest absolute Gasteiger partial charge is 0.353 e. The summed E-state index contributed by atoms with van der Waals surface area (Å²) in [5.74, 6) is 0.302. The van der Waals surface area contributed by atoms with Crippen LogP contribution in [0.2, 0.25) is 0 Å². The lowest BCUT2D eigenvalue weighted by Gasteiger charge is -2.22. The molecule has 1 heterocycles. The third-order valence-corrected chi connectivity index (χ3v) is 3.36. The summed E-state index contributed by atoms with van der Waals surface area (Å²) in [6, 6.07) is 0.274. The number of hydrogen-bond acceptors (Lipinski definition) is 2. The number of nitrogens with zero attached hydrogens (tertiary/aromatic N) is 1. The minimum Gasteiger partial charge on any atom is -0.353 e. The van der Waals surface area contributed by atoms with Crippen LogP contribution in [0, 0.1) is 5.92 Å². The summed E-state index contributed by atoms with van der Waals surface area (Å²) in [6.07, 6.45) is 5.34. The van der Waals surface area contributed by atoms with E-state index in [1.807, 2.05) is 6.92 Å². The Kier molecular flexibility index (Phi) is 3.27. The van der Waals surface area contributed by atoms with Gasteiger partial charge in [-0.3, -0.25) is 4.79 Å². The van der Waals surface area contributed by atoms with Gasteiger partial charge in [0.05, 0.1) is 12.0 Å². The van der Waals surface area contributed by atoms with Gasteiger partial charge in [-0.25, -0.2) is 4.98 Å². The molecule has 1 aliphatic rings. The SMILES string of the molecule is CCC(C)NC(=O)C1CCc2nc[nH]c2C1. The number of aryl methyl sites for hydroxylation is 1. The van der Waals surface area contributed by atoms with Crippen LogP contribution in [-0.4, -0.2) is 21.9 Å². The normalized spacial score (nSPS) is 21.2. The standard InChI is InChI=1S/C12H19N3O/c1-3-8(2)15-12(16)9-4-5-10-11(6-9)14-7-13-10/h7-9H,3-6H2,1-2H3,(H,13,14)(H,15,16). The van der Waals surface area contributed by atoms with Crippen molar-refractivity contribution < 1.29 is 4.79 Å². The molecule has 0 bridgehead atoms. The molecule has 0 saturated carbocycles. The Balaban J connectivity index is 1.95. The predicted molar refractivity (Wildman–Crippen MR) is 62.0 cm³/mol. The molecule has 4 nitrogen and oxygen atoms in total. The van der Waals surface area contributed by atoms with Gasteiger partial charge < -0.3 is 10.3 Å². The highest BCUT2D eigenvalue weighted by Crippen LogP contribution is 2.22. The first-order chi connectivity index (χ1) is 7.70. The van der Waals surface area contributed by atoms with Crippen LogP contribution in [0.1, 0.15) is 38.1 Å². The Morgan fingerprint density at radius 1 is 1.75 bits per heavy atom. The second-order valence-corrected chi connectivity index (χ2v) is 4.59. The van der Waals surface area contributed by atoms with E-state index in [1.165, 1.54) is 0 Å². The smallest absolute Gasteiger partial charge is 0.223 e. The topological polar surface area (TPSA) is 57.8 Å². The first-order valence-electron chi connectivity index (χ1n) is 6.02. The molecule has 0 spiro atoms. The highest BCUT2D eigenvalue weighted by Gasteiger charge is 2.26. The van der Waals surface area contributed by atoms with E-state index in [-0.39, 0.29) is 17.9 Å². The van der Waals surface area contributed by atoms with Crippen molar-refractivity contribution in [1.29, 1.82) is 0 Å². The zero-order chi connectivity index (χ0) is 11.5. The van der Waals surface area contributed by atoms with Crippen LogP contribution in [0.4, 0.5) is 0 Å². The van der Waals surface area contributed by atoms with E-state index in [4.69, 9.17) is 0 Å². The molecule has 88 valence electrons. The molecule has 1 aromatic heterocycles. The van der Waals surface area contributed by atoms with Gasteiger partial charge in [-0.15, -0.1) is 0 Å². The third-order valence-electron chi connectivity index (χ3n) is 3.36. The number of fused-ring (bicyclic) bond motifs is 1. The second-order valence-electron chi connectivity index (χ2n) is 4.59. The van der Waals surface area contributed by atoms with Crippen molar-refractivity contribution in [1.82, 2.24) is 15.3 Å². The van der Waals surface area contributed by atoms with Crippen molar-refractivity contribution in [2.75, 3.05) is 0 Å². The first kappa shape index (κ1) is 11.2. The zero-order valence-electron chi connectivity index (χ0n) is 9.92. The molecule has 1 amide bonds. The van der Waals surface area contributed by atoms with Crippen LogP contribution in [-0.2, 0) is 17.6 Å². The average Bonchev–Trinajstić information content (AvgIpc) is 2.75. The quantitative estimate of drug-likeness (QED) is 0.811. The summed E-state index contributed by atoms with van der Waals surface area (Å²) in [7, 11) is 0. The summed E-state index contributed by atoms with van der Waals surface area (Å²) in [5.41, 5.74) is 2.27. The average molecular weight is 221 g/mol. The van der Waals surface area contributed by atoms with E-state index < -0.39 is 0 Å². The summed E-state index contributed by atoms with van der Waals surface area (Å²) < 4.78 is 0. The molecule has 0 aliphatic heterocycles. The van der Waals surface area contributed by atoms with Crippen LogP contribution in [0.15, 0.2) is 6.33 Å². The number of aromatic nitrogens is 2. The third kappa shape index (κ3) is 2.26. The molecule has 2 atom stereocenters. The fourth-order valence-corrected chi connectivity index (χ4v) is 2.09. The fraction of sp³-hybridized carbons (Fsp3) is 0.667. The molecule has 1 aromatic rings.